The predicted molar refractivity (Wildman–Crippen MR) is 98.3 cm³/mol. The number of hydrogen-bond donors (Lipinski definition) is 0. The van der Waals surface area contributed by atoms with Crippen LogP contribution in [0, 0.1) is 0 Å². The number of ketones is 1. The summed E-state index contributed by atoms with van der Waals surface area (Å²) in [6, 6.07) is 15.8. The maximum absolute atomic E-state index is 12.6. The minimum absolute atomic E-state index is 0.0952. The standard InChI is InChI=1S/C20H14N2O3S/c23-19-16(13-26(24,25)18-9-5-4-8-17(18)19)10-14-11-21-20(22-12-14)15-6-2-1-3-7-15/h1-12H,13H2/b16-10+. The van der Waals surface area contributed by atoms with Crippen LogP contribution in [0.25, 0.3) is 17.5 Å². The van der Waals surface area contributed by atoms with Gasteiger partial charge in [0.1, 0.15) is 0 Å². The molecule has 0 aliphatic carbocycles. The second-order valence-corrected chi connectivity index (χ2v) is 7.92. The van der Waals surface area contributed by atoms with Crippen LogP contribution in [0.3, 0.4) is 0 Å². The van der Waals surface area contributed by atoms with Crippen molar-refractivity contribution in [1.29, 1.82) is 0 Å². The molecule has 128 valence electrons. The van der Waals surface area contributed by atoms with Gasteiger partial charge in [-0.1, -0.05) is 42.5 Å². The van der Waals surface area contributed by atoms with Crippen LogP contribution in [0.15, 0.2) is 77.5 Å². The molecular formula is C20H14N2O3S. The Bertz CT molecular complexity index is 1120. The van der Waals surface area contributed by atoms with Crippen LogP contribution >= 0.6 is 0 Å². The van der Waals surface area contributed by atoms with Crippen molar-refractivity contribution in [2.75, 3.05) is 5.75 Å². The van der Waals surface area contributed by atoms with E-state index in [1.54, 1.807) is 30.6 Å². The van der Waals surface area contributed by atoms with E-state index in [0.29, 0.717) is 11.4 Å². The molecule has 26 heavy (non-hydrogen) atoms. The fourth-order valence-electron chi connectivity index (χ4n) is 2.90. The fraction of sp³-hybridized carbons (Fsp3) is 0.0500. The van der Waals surface area contributed by atoms with Gasteiger partial charge in [-0.3, -0.25) is 4.79 Å². The van der Waals surface area contributed by atoms with Crippen LogP contribution < -0.4 is 0 Å². The summed E-state index contributed by atoms with van der Waals surface area (Å²) in [6.45, 7) is 0. The van der Waals surface area contributed by atoms with Crippen molar-refractivity contribution in [3.63, 3.8) is 0 Å². The predicted octanol–water partition coefficient (Wildman–Crippen LogP) is 3.20. The third kappa shape index (κ3) is 2.95. The van der Waals surface area contributed by atoms with Crippen LogP contribution in [0.5, 0.6) is 0 Å². The lowest BCUT2D eigenvalue weighted by atomic mass is 10.0. The molecule has 4 rings (SSSR count). The molecule has 1 aliphatic heterocycles. The summed E-state index contributed by atoms with van der Waals surface area (Å²) in [6.07, 6.45) is 4.72. The lowest BCUT2D eigenvalue weighted by molar-refractivity contribution is 0.103. The first-order chi connectivity index (χ1) is 12.5. The molecule has 2 heterocycles. The number of fused-ring (bicyclic) bond motifs is 1. The molecule has 0 fully saturated rings. The first-order valence-electron chi connectivity index (χ1n) is 7.99. The Labute approximate surface area is 151 Å². The number of aromatic nitrogens is 2. The van der Waals surface area contributed by atoms with Crippen LogP contribution in [0.1, 0.15) is 15.9 Å². The number of hydrogen-bond acceptors (Lipinski definition) is 5. The van der Waals surface area contributed by atoms with Crippen molar-refractivity contribution in [2.45, 2.75) is 4.90 Å². The highest BCUT2D eigenvalue weighted by Gasteiger charge is 2.32. The van der Waals surface area contributed by atoms with Gasteiger partial charge in [0, 0.05) is 34.7 Å². The van der Waals surface area contributed by atoms with Gasteiger partial charge in [0.25, 0.3) is 0 Å². The lowest BCUT2D eigenvalue weighted by Crippen LogP contribution is -2.24. The van der Waals surface area contributed by atoms with Crippen LogP contribution in [0.2, 0.25) is 0 Å². The van der Waals surface area contributed by atoms with E-state index in [9.17, 15) is 13.2 Å². The Hall–Kier alpha value is -3.12. The van der Waals surface area contributed by atoms with E-state index >= 15 is 0 Å². The highest BCUT2D eigenvalue weighted by atomic mass is 32.2. The van der Waals surface area contributed by atoms with Crippen molar-refractivity contribution in [1.82, 2.24) is 9.97 Å². The second-order valence-electron chi connectivity index (χ2n) is 5.96. The molecule has 0 spiro atoms. The molecule has 1 aliphatic rings. The molecule has 3 aromatic rings. The van der Waals surface area contributed by atoms with Gasteiger partial charge in [0.2, 0.25) is 0 Å². The van der Waals surface area contributed by atoms with Gasteiger partial charge in [-0.25, -0.2) is 18.4 Å². The van der Waals surface area contributed by atoms with E-state index in [1.165, 1.54) is 12.1 Å². The van der Waals surface area contributed by atoms with Crippen LogP contribution in [-0.4, -0.2) is 29.9 Å². The zero-order chi connectivity index (χ0) is 18.1. The van der Waals surface area contributed by atoms with E-state index in [4.69, 9.17) is 0 Å². The van der Waals surface area contributed by atoms with E-state index in [1.807, 2.05) is 30.3 Å². The van der Waals surface area contributed by atoms with Gasteiger partial charge >= 0.3 is 0 Å². The molecule has 6 heteroatoms. The number of nitrogens with zero attached hydrogens (tertiary/aromatic N) is 2. The summed E-state index contributed by atoms with van der Waals surface area (Å²) in [7, 11) is -3.53. The topological polar surface area (TPSA) is 77.0 Å². The number of sulfone groups is 1. The molecule has 0 bridgehead atoms. The highest BCUT2D eigenvalue weighted by Crippen LogP contribution is 2.28. The van der Waals surface area contributed by atoms with Crippen molar-refractivity contribution < 1.29 is 13.2 Å². The van der Waals surface area contributed by atoms with Gasteiger partial charge in [-0.15, -0.1) is 0 Å². The van der Waals surface area contributed by atoms with Crippen molar-refractivity contribution >= 4 is 21.7 Å². The van der Waals surface area contributed by atoms with Gasteiger partial charge in [0.05, 0.1) is 10.6 Å². The third-order valence-electron chi connectivity index (χ3n) is 4.15. The number of carbonyl (C=O) groups is 1. The average Bonchev–Trinajstić information content (AvgIpc) is 2.67. The summed E-state index contributed by atoms with van der Waals surface area (Å²) in [5.74, 6) is -0.0215. The van der Waals surface area contributed by atoms with Crippen LogP contribution in [0.4, 0.5) is 0 Å². The number of carbonyl (C=O) groups excluding carboxylic acids is 1. The largest absolute Gasteiger partial charge is 0.289 e. The quantitative estimate of drug-likeness (QED) is 0.654. The number of benzene rings is 2. The Morgan fingerprint density at radius 2 is 1.54 bits per heavy atom. The zero-order valence-corrected chi connectivity index (χ0v) is 14.5. The first-order valence-corrected chi connectivity index (χ1v) is 9.64. The molecule has 0 unspecified atom stereocenters. The number of Topliss-reactive ketones (excluding diaryl/α,β-unsaturated/α-hetero) is 1. The molecule has 0 radical (unpaired) electrons. The highest BCUT2D eigenvalue weighted by molar-refractivity contribution is 7.91. The SMILES string of the molecule is O=C1/C(=C/c2cnc(-c3ccccc3)nc2)CS(=O)(=O)c2ccccc21. The average molecular weight is 362 g/mol. The summed E-state index contributed by atoms with van der Waals surface area (Å²) in [5.41, 5.74) is 1.91. The lowest BCUT2D eigenvalue weighted by Gasteiger charge is -2.17. The maximum Gasteiger partial charge on any atom is 0.191 e. The molecule has 0 saturated heterocycles. The monoisotopic (exact) mass is 362 g/mol. The summed E-state index contributed by atoms with van der Waals surface area (Å²) >= 11 is 0. The van der Waals surface area contributed by atoms with E-state index in [2.05, 4.69) is 9.97 Å². The number of rotatable bonds is 2. The summed E-state index contributed by atoms with van der Waals surface area (Å²) in [5, 5.41) is 0. The van der Waals surface area contributed by atoms with Crippen molar-refractivity contribution in [3.8, 4) is 11.4 Å². The fourth-order valence-corrected chi connectivity index (χ4v) is 4.46. The maximum atomic E-state index is 12.6. The molecular weight excluding hydrogens is 348 g/mol. The van der Waals surface area contributed by atoms with E-state index in [-0.39, 0.29) is 27.6 Å². The minimum Gasteiger partial charge on any atom is -0.289 e. The Balaban J connectivity index is 1.70. The summed E-state index contributed by atoms with van der Waals surface area (Å²) in [4.78, 5) is 21.3. The minimum atomic E-state index is -3.53. The second kappa shape index (κ2) is 6.31. The molecule has 2 aromatic carbocycles. The molecule has 5 nitrogen and oxygen atoms in total. The Morgan fingerprint density at radius 1 is 0.885 bits per heavy atom. The van der Waals surface area contributed by atoms with Crippen molar-refractivity contribution in [3.05, 3.63) is 83.7 Å². The van der Waals surface area contributed by atoms with E-state index < -0.39 is 9.84 Å². The van der Waals surface area contributed by atoms with Gasteiger partial charge in [-0.2, -0.15) is 0 Å². The first kappa shape index (κ1) is 16.4. The Kier molecular flexibility index (Phi) is 3.97. The van der Waals surface area contributed by atoms with Gasteiger partial charge < -0.3 is 0 Å². The normalized spacial score (nSPS) is 17.1. The van der Waals surface area contributed by atoms with Crippen LogP contribution in [-0.2, 0) is 9.84 Å². The summed E-state index contributed by atoms with van der Waals surface area (Å²) < 4.78 is 24.9. The molecule has 0 amide bonds. The van der Waals surface area contributed by atoms with E-state index in [0.717, 1.165) is 5.56 Å². The molecule has 0 saturated carbocycles. The van der Waals surface area contributed by atoms with Gasteiger partial charge in [-0.05, 0) is 18.2 Å². The molecule has 0 N–H and O–H groups in total. The van der Waals surface area contributed by atoms with Gasteiger partial charge in [0.15, 0.2) is 21.4 Å². The zero-order valence-electron chi connectivity index (χ0n) is 13.7. The molecule has 1 aromatic heterocycles. The Morgan fingerprint density at radius 3 is 2.27 bits per heavy atom. The smallest absolute Gasteiger partial charge is 0.191 e. The molecule has 0 atom stereocenters. The third-order valence-corrected chi connectivity index (χ3v) is 5.87. The van der Waals surface area contributed by atoms with Crippen molar-refractivity contribution in [2.24, 2.45) is 0 Å².